The number of carbonyl (C=O) groups is 2. The molecule has 0 aliphatic heterocycles. The Hall–Kier alpha value is -1.02. The van der Waals surface area contributed by atoms with Crippen molar-refractivity contribution in [2.75, 3.05) is 11.9 Å². The number of halogens is 3. The third kappa shape index (κ3) is 6.09. The minimum Gasteiger partial charge on any atom is -0.481 e. The molecule has 0 saturated heterocycles. The van der Waals surface area contributed by atoms with Gasteiger partial charge in [-0.05, 0) is 19.1 Å². The molecule has 0 spiro atoms. The number of benzene rings is 1. The standard InChI is InChI=1S/C12H13BrCl2N2O4/c1-12(21,4-9(18)19)5-16-11(20)17-10-7(14)2-6(13)3-8(10)15/h2-3,21H,4-5H2,1H3,(H,18,19)(H2,16,17,20). The van der Waals surface area contributed by atoms with Gasteiger partial charge in [-0.1, -0.05) is 39.1 Å². The second kappa shape index (κ2) is 7.31. The highest BCUT2D eigenvalue weighted by molar-refractivity contribution is 9.10. The molecule has 0 bridgehead atoms. The maximum Gasteiger partial charge on any atom is 0.319 e. The fourth-order valence-corrected chi connectivity index (χ4v) is 2.78. The van der Waals surface area contributed by atoms with E-state index in [4.69, 9.17) is 28.3 Å². The summed E-state index contributed by atoms with van der Waals surface area (Å²) in [5, 5.41) is 23.7. The van der Waals surface area contributed by atoms with Crippen molar-refractivity contribution in [2.45, 2.75) is 18.9 Å². The van der Waals surface area contributed by atoms with Crippen molar-refractivity contribution in [1.82, 2.24) is 5.32 Å². The third-order valence-corrected chi connectivity index (χ3v) is 3.46. The number of carbonyl (C=O) groups excluding carboxylic acids is 1. The van der Waals surface area contributed by atoms with Gasteiger partial charge in [0.05, 0.1) is 27.8 Å². The summed E-state index contributed by atoms with van der Waals surface area (Å²) in [4.78, 5) is 22.3. The van der Waals surface area contributed by atoms with Gasteiger partial charge in [-0.2, -0.15) is 0 Å². The summed E-state index contributed by atoms with van der Waals surface area (Å²) in [7, 11) is 0. The van der Waals surface area contributed by atoms with Crippen LogP contribution in [0.15, 0.2) is 16.6 Å². The Bertz CT molecular complexity index is 543. The van der Waals surface area contributed by atoms with Crippen LogP contribution in [0.2, 0.25) is 10.0 Å². The molecule has 1 unspecified atom stereocenters. The third-order valence-electron chi connectivity index (χ3n) is 2.41. The fraction of sp³-hybridized carbons (Fsp3) is 0.333. The van der Waals surface area contributed by atoms with Gasteiger partial charge in [0.2, 0.25) is 0 Å². The second-order valence-electron chi connectivity index (χ2n) is 4.62. The van der Waals surface area contributed by atoms with E-state index in [-0.39, 0.29) is 22.3 Å². The number of aliphatic carboxylic acids is 1. The quantitative estimate of drug-likeness (QED) is 0.611. The molecule has 0 saturated carbocycles. The number of amides is 2. The lowest BCUT2D eigenvalue weighted by atomic mass is 10.0. The number of aliphatic hydroxyl groups is 1. The Labute approximate surface area is 139 Å². The number of anilines is 1. The first-order valence-electron chi connectivity index (χ1n) is 5.74. The van der Waals surface area contributed by atoms with E-state index in [0.717, 1.165) is 0 Å². The van der Waals surface area contributed by atoms with Crippen LogP contribution in [0.3, 0.4) is 0 Å². The van der Waals surface area contributed by atoms with Crippen LogP contribution >= 0.6 is 39.1 Å². The Balaban J connectivity index is 2.65. The minimum absolute atomic E-state index is 0.219. The van der Waals surface area contributed by atoms with E-state index in [0.29, 0.717) is 4.47 Å². The Kier molecular flexibility index (Phi) is 6.27. The molecular weight excluding hydrogens is 387 g/mol. The summed E-state index contributed by atoms with van der Waals surface area (Å²) >= 11 is 15.1. The number of carboxylic acid groups (broad SMARTS) is 1. The van der Waals surface area contributed by atoms with Crippen LogP contribution in [0.25, 0.3) is 0 Å². The van der Waals surface area contributed by atoms with Gasteiger partial charge in [0.25, 0.3) is 0 Å². The minimum atomic E-state index is -1.56. The van der Waals surface area contributed by atoms with Crippen LogP contribution in [0.1, 0.15) is 13.3 Å². The number of nitrogens with one attached hydrogen (secondary N) is 2. The maximum atomic E-state index is 11.7. The zero-order chi connectivity index (χ0) is 16.2. The van der Waals surface area contributed by atoms with Crippen LogP contribution in [0.5, 0.6) is 0 Å². The van der Waals surface area contributed by atoms with Crippen molar-refractivity contribution in [2.24, 2.45) is 0 Å². The highest BCUT2D eigenvalue weighted by Crippen LogP contribution is 2.33. The van der Waals surface area contributed by atoms with Gasteiger partial charge >= 0.3 is 12.0 Å². The lowest BCUT2D eigenvalue weighted by Crippen LogP contribution is -2.43. The van der Waals surface area contributed by atoms with Gasteiger partial charge in [-0.3, -0.25) is 4.79 Å². The van der Waals surface area contributed by atoms with Gasteiger partial charge in [0, 0.05) is 11.0 Å². The van der Waals surface area contributed by atoms with E-state index in [2.05, 4.69) is 26.6 Å². The zero-order valence-corrected chi connectivity index (χ0v) is 14.0. The van der Waals surface area contributed by atoms with Crippen molar-refractivity contribution in [3.8, 4) is 0 Å². The summed E-state index contributed by atoms with van der Waals surface area (Å²) in [5.41, 5.74) is -1.34. The number of hydrogen-bond donors (Lipinski definition) is 4. The molecule has 6 nitrogen and oxygen atoms in total. The summed E-state index contributed by atoms with van der Waals surface area (Å²) < 4.78 is 0.660. The fourth-order valence-electron chi connectivity index (χ4n) is 1.48. The molecule has 4 N–H and O–H groups in total. The predicted octanol–water partition coefficient (Wildman–Crippen LogP) is 3.10. The van der Waals surface area contributed by atoms with Crippen molar-refractivity contribution in [1.29, 1.82) is 0 Å². The highest BCUT2D eigenvalue weighted by Gasteiger charge is 2.25. The smallest absolute Gasteiger partial charge is 0.319 e. The zero-order valence-electron chi connectivity index (χ0n) is 10.9. The van der Waals surface area contributed by atoms with Crippen LogP contribution in [0.4, 0.5) is 10.5 Å². The summed E-state index contributed by atoms with van der Waals surface area (Å²) in [6, 6.07) is 2.46. The van der Waals surface area contributed by atoms with E-state index >= 15 is 0 Å². The van der Waals surface area contributed by atoms with Gasteiger partial charge in [0.15, 0.2) is 0 Å². The monoisotopic (exact) mass is 398 g/mol. The molecule has 0 fully saturated rings. The first kappa shape index (κ1) is 18.0. The Morgan fingerprint density at radius 2 is 1.86 bits per heavy atom. The van der Waals surface area contributed by atoms with Gasteiger partial charge < -0.3 is 20.8 Å². The first-order valence-corrected chi connectivity index (χ1v) is 7.29. The molecule has 2 amide bonds. The van der Waals surface area contributed by atoms with Crippen molar-refractivity contribution in [3.05, 3.63) is 26.7 Å². The Morgan fingerprint density at radius 1 is 1.33 bits per heavy atom. The molecule has 0 aromatic heterocycles. The number of carboxylic acids is 1. The van der Waals surface area contributed by atoms with E-state index in [1.165, 1.54) is 6.92 Å². The van der Waals surface area contributed by atoms with E-state index in [1.807, 2.05) is 0 Å². The second-order valence-corrected chi connectivity index (χ2v) is 6.35. The van der Waals surface area contributed by atoms with E-state index < -0.39 is 24.0 Å². The molecule has 0 aliphatic rings. The van der Waals surface area contributed by atoms with Crippen LogP contribution in [-0.2, 0) is 4.79 Å². The van der Waals surface area contributed by atoms with Crippen molar-refractivity contribution in [3.63, 3.8) is 0 Å². The van der Waals surface area contributed by atoms with Gasteiger partial charge in [0.1, 0.15) is 0 Å². The van der Waals surface area contributed by atoms with E-state index in [9.17, 15) is 14.7 Å². The Morgan fingerprint density at radius 3 is 2.33 bits per heavy atom. The molecule has 1 aromatic rings. The predicted molar refractivity (Wildman–Crippen MR) is 84.1 cm³/mol. The summed E-state index contributed by atoms with van der Waals surface area (Å²) in [5.74, 6) is -1.17. The molecule has 1 aromatic carbocycles. The molecule has 116 valence electrons. The van der Waals surface area contributed by atoms with Crippen LogP contribution in [-0.4, -0.2) is 34.4 Å². The topological polar surface area (TPSA) is 98.7 Å². The molecule has 0 aliphatic carbocycles. The number of rotatable bonds is 5. The van der Waals surface area contributed by atoms with Gasteiger partial charge in [-0.15, -0.1) is 0 Å². The molecular formula is C12H13BrCl2N2O4. The maximum absolute atomic E-state index is 11.7. The molecule has 0 radical (unpaired) electrons. The van der Waals surface area contributed by atoms with E-state index in [1.54, 1.807) is 12.1 Å². The summed E-state index contributed by atoms with van der Waals surface area (Å²) in [6.07, 6.45) is -0.493. The molecule has 1 rings (SSSR count). The lowest BCUT2D eigenvalue weighted by molar-refractivity contribution is -0.141. The number of urea groups is 1. The average Bonchev–Trinajstić information content (AvgIpc) is 2.29. The van der Waals surface area contributed by atoms with Crippen molar-refractivity contribution < 1.29 is 19.8 Å². The normalized spacial score (nSPS) is 13.4. The van der Waals surface area contributed by atoms with Crippen LogP contribution < -0.4 is 10.6 Å². The van der Waals surface area contributed by atoms with Crippen molar-refractivity contribution >= 4 is 56.8 Å². The SMILES string of the molecule is CC(O)(CNC(=O)Nc1c(Cl)cc(Br)cc1Cl)CC(=O)O. The van der Waals surface area contributed by atoms with Gasteiger partial charge in [-0.25, -0.2) is 4.79 Å². The molecule has 9 heteroatoms. The lowest BCUT2D eigenvalue weighted by Gasteiger charge is -2.21. The molecule has 0 heterocycles. The molecule has 1 atom stereocenters. The largest absolute Gasteiger partial charge is 0.481 e. The van der Waals surface area contributed by atoms with Crippen LogP contribution in [0, 0.1) is 0 Å². The number of hydrogen-bond acceptors (Lipinski definition) is 3. The summed E-state index contributed by atoms with van der Waals surface area (Å²) in [6.45, 7) is 1.07. The molecule has 21 heavy (non-hydrogen) atoms. The highest BCUT2D eigenvalue weighted by atomic mass is 79.9. The average molecular weight is 400 g/mol. The first-order chi connectivity index (χ1) is 9.60.